The SMILES string of the molecule is COCC1CCN(C(=O)c2ccc(Cl)c(N3CCC(=O)NC3=O)c2)CC1. The fourth-order valence-corrected chi connectivity index (χ4v) is 3.59. The number of hydrogen-bond acceptors (Lipinski definition) is 4. The second kappa shape index (κ2) is 8.05. The van der Waals surface area contributed by atoms with Crippen LogP contribution in [-0.4, -0.2) is 56.1 Å². The van der Waals surface area contributed by atoms with Crippen molar-refractivity contribution in [2.75, 3.05) is 38.3 Å². The van der Waals surface area contributed by atoms with E-state index < -0.39 is 6.03 Å². The van der Waals surface area contributed by atoms with Gasteiger partial charge in [0.1, 0.15) is 0 Å². The first-order valence-corrected chi connectivity index (χ1v) is 9.06. The molecular weight excluding hydrogens is 358 g/mol. The molecule has 0 atom stereocenters. The van der Waals surface area contributed by atoms with Gasteiger partial charge < -0.3 is 9.64 Å². The van der Waals surface area contributed by atoms with E-state index in [1.165, 1.54) is 4.90 Å². The van der Waals surface area contributed by atoms with Crippen molar-refractivity contribution in [3.05, 3.63) is 28.8 Å². The third-order valence-electron chi connectivity index (χ3n) is 4.84. The highest BCUT2D eigenvalue weighted by atomic mass is 35.5. The Labute approximate surface area is 157 Å². The molecule has 0 bridgehead atoms. The summed E-state index contributed by atoms with van der Waals surface area (Å²) in [5.74, 6) is 0.0974. The minimum absolute atomic E-state index is 0.0766. The summed E-state index contributed by atoms with van der Waals surface area (Å²) in [5, 5.41) is 2.63. The van der Waals surface area contributed by atoms with E-state index >= 15 is 0 Å². The zero-order valence-corrected chi connectivity index (χ0v) is 15.4. The predicted octanol–water partition coefficient (Wildman–Crippen LogP) is 2.28. The number of anilines is 1. The maximum Gasteiger partial charge on any atom is 0.328 e. The fraction of sp³-hybridized carbons (Fsp3) is 0.500. The third kappa shape index (κ3) is 3.99. The highest BCUT2D eigenvalue weighted by Gasteiger charge is 2.28. The number of carbonyl (C=O) groups excluding carboxylic acids is 3. The molecule has 3 rings (SSSR count). The number of nitrogens with zero attached hydrogens (tertiary/aromatic N) is 2. The summed E-state index contributed by atoms with van der Waals surface area (Å²) >= 11 is 6.23. The molecule has 1 N–H and O–H groups in total. The van der Waals surface area contributed by atoms with Crippen LogP contribution in [0.1, 0.15) is 29.6 Å². The average Bonchev–Trinajstić information content (AvgIpc) is 2.63. The van der Waals surface area contributed by atoms with Gasteiger partial charge in [-0.2, -0.15) is 0 Å². The Balaban J connectivity index is 1.74. The van der Waals surface area contributed by atoms with Crippen molar-refractivity contribution >= 4 is 35.1 Å². The summed E-state index contributed by atoms with van der Waals surface area (Å²) in [5.41, 5.74) is 0.927. The van der Waals surface area contributed by atoms with Crippen LogP contribution in [0.3, 0.4) is 0 Å². The zero-order chi connectivity index (χ0) is 18.7. The highest BCUT2D eigenvalue weighted by Crippen LogP contribution is 2.29. The molecule has 4 amide bonds. The van der Waals surface area contributed by atoms with Crippen molar-refractivity contribution < 1.29 is 19.1 Å². The summed E-state index contributed by atoms with van der Waals surface area (Å²) in [4.78, 5) is 39.4. The number of amides is 4. The van der Waals surface area contributed by atoms with Gasteiger partial charge >= 0.3 is 6.03 Å². The van der Waals surface area contributed by atoms with Crippen LogP contribution in [0.2, 0.25) is 5.02 Å². The molecule has 0 spiro atoms. The van der Waals surface area contributed by atoms with Crippen molar-refractivity contribution in [3.8, 4) is 0 Å². The number of likely N-dealkylation sites (tertiary alicyclic amines) is 1. The molecule has 2 aliphatic rings. The number of piperidine rings is 1. The lowest BCUT2D eigenvalue weighted by Gasteiger charge is -2.32. The maximum atomic E-state index is 12.8. The van der Waals surface area contributed by atoms with Crippen LogP contribution in [0.4, 0.5) is 10.5 Å². The lowest BCUT2D eigenvalue weighted by Crippen LogP contribution is -2.49. The number of benzene rings is 1. The van der Waals surface area contributed by atoms with Crippen LogP contribution < -0.4 is 10.2 Å². The molecule has 0 unspecified atom stereocenters. The normalized spacial score (nSPS) is 18.8. The van der Waals surface area contributed by atoms with Gasteiger partial charge in [0.15, 0.2) is 0 Å². The summed E-state index contributed by atoms with van der Waals surface area (Å²) in [6.45, 7) is 2.33. The Morgan fingerprint density at radius 1 is 1.27 bits per heavy atom. The molecule has 8 heteroatoms. The van der Waals surface area contributed by atoms with Crippen LogP contribution in [0.5, 0.6) is 0 Å². The Morgan fingerprint density at radius 3 is 2.65 bits per heavy atom. The minimum atomic E-state index is -0.520. The van der Waals surface area contributed by atoms with E-state index in [1.807, 2.05) is 4.90 Å². The molecule has 2 fully saturated rings. The van der Waals surface area contributed by atoms with E-state index in [0.29, 0.717) is 35.3 Å². The van der Waals surface area contributed by atoms with Crippen LogP contribution >= 0.6 is 11.6 Å². The first kappa shape index (κ1) is 18.7. The van der Waals surface area contributed by atoms with Gasteiger partial charge in [0.2, 0.25) is 5.91 Å². The van der Waals surface area contributed by atoms with Gasteiger partial charge in [0.25, 0.3) is 5.91 Å². The van der Waals surface area contributed by atoms with E-state index in [-0.39, 0.29) is 24.8 Å². The number of urea groups is 1. The standard InChI is InChI=1S/C18H22ClN3O4/c1-26-11-12-4-7-21(8-5-12)17(24)13-2-3-14(19)15(10-13)22-9-6-16(23)20-18(22)25/h2-3,10,12H,4-9,11H2,1H3,(H,20,23,25). The lowest BCUT2D eigenvalue weighted by molar-refractivity contribution is -0.120. The number of methoxy groups -OCH3 is 1. The molecule has 1 aromatic rings. The molecule has 2 aliphatic heterocycles. The number of rotatable bonds is 4. The van der Waals surface area contributed by atoms with Crippen LogP contribution in [0.25, 0.3) is 0 Å². The number of halogens is 1. The van der Waals surface area contributed by atoms with E-state index in [1.54, 1.807) is 25.3 Å². The summed E-state index contributed by atoms with van der Waals surface area (Å²) < 4.78 is 5.19. The number of nitrogens with one attached hydrogen (secondary N) is 1. The molecule has 0 saturated carbocycles. The molecule has 1 aromatic carbocycles. The van der Waals surface area contributed by atoms with Crippen LogP contribution in [0.15, 0.2) is 18.2 Å². The van der Waals surface area contributed by atoms with Gasteiger partial charge in [-0.25, -0.2) is 4.79 Å². The van der Waals surface area contributed by atoms with Gasteiger partial charge in [-0.1, -0.05) is 11.6 Å². The van der Waals surface area contributed by atoms with Crippen molar-refractivity contribution in [1.82, 2.24) is 10.2 Å². The van der Waals surface area contributed by atoms with Gasteiger partial charge in [-0.15, -0.1) is 0 Å². The summed E-state index contributed by atoms with van der Waals surface area (Å²) in [6, 6.07) is 4.39. The Bertz CT molecular complexity index is 716. The van der Waals surface area contributed by atoms with Crippen molar-refractivity contribution in [2.45, 2.75) is 19.3 Å². The van der Waals surface area contributed by atoms with Crippen LogP contribution in [-0.2, 0) is 9.53 Å². The maximum absolute atomic E-state index is 12.8. The van der Waals surface area contributed by atoms with Gasteiger partial charge in [-0.05, 0) is 37.0 Å². The molecular formula is C18H22ClN3O4. The number of carbonyl (C=O) groups is 3. The molecule has 2 heterocycles. The van der Waals surface area contributed by atoms with E-state index in [9.17, 15) is 14.4 Å². The smallest absolute Gasteiger partial charge is 0.328 e. The van der Waals surface area contributed by atoms with E-state index in [4.69, 9.17) is 16.3 Å². The highest BCUT2D eigenvalue weighted by molar-refractivity contribution is 6.34. The molecule has 0 aliphatic carbocycles. The first-order chi connectivity index (χ1) is 12.5. The molecule has 0 aromatic heterocycles. The monoisotopic (exact) mass is 379 g/mol. The number of ether oxygens (including phenoxy) is 1. The first-order valence-electron chi connectivity index (χ1n) is 8.68. The minimum Gasteiger partial charge on any atom is -0.384 e. The van der Waals surface area contributed by atoms with E-state index in [2.05, 4.69) is 5.32 Å². The van der Waals surface area contributed by atoms with E-state index in [0.717, 1.165) is 19.4 Å². The zero-order valence-electron chi connectivity index (χ0n) is 14.7. The topological polar surface area (TPSA) is 79.0 Å². The largest absolute Gasteiger partial charge is 0.384 e. The average molecular weight is 380 g/mol. The number of imide groups is 1. The van der Waals surface area contributed by atoms with Crippen molar-refractivity contribution in [3.63, 3.8) is 0 Å². The molecule has 2 saturated heterocycles. The Hall–Kier alpha value is -2.12. The summed E-state index contributed by atoms with van der Waals surface area (Å²) in [6.07, 6.45) is 2.03. The molecule has 7 nitrogen and oxygen atoms in total. The molecule has 26 heavy (non-hydrogen) atoms. The summed E-state index contributed by atoms with van der Waals surface area (Å²) in [7, 11) is 1.69. The van der Waals surface area contributed by atoms with Crippen molar-refractivity contribution in [2.24, 2.45) is 5.92 Å². The predicted molar refractivity (Wildman–Crippen MR) is 97.5 cm³/mol. The Morgan fingerprint density at radius 2 is 2.00 bits per heavy atom. The molecule has 140 valence electrons. The second-order valence-corrected chi connectivity index (χ2v) is 7.02. The van der Waals surface area contributed by atoms with Crippen LogP contribution in [0, 0.1) is 5.92 Å². The van der Waals surface area contributed by atoms with Gasteiger partial charge in [-0.3, -0.25) is 19.8 Å². The molecule has 0 radical (unpaired) electrons. The third-order valence-corrected chi connectivity index (χ3v) is 5.16. The fourth-order valence-electron chi connectivity index (χ4n) is 3.37. The second-order valence-electron chi connectivity index (χ2n) is 6.61. The number of hydrogen-bond donors (Lipinski definition) is 1. The Kier molecular flexibility index (Phi) is 5.78. The van der Waals surface area contributed by atoms with Gasteiger partial charge in [0, 0.05) is 45.3 Å². The van der Waals surface area contributed by atoms with Gasteiger partial charge in [0.05, 0.1) is 10.7 Å². The quantitative estimate of drug-likeness (QED) is 0.870. The lowest BCUT2D eigenvalue weighted by atomic mass is 9.97. The van der Waals surface area contributed by atoms with Crippen molar-refractivity contribution in [1.29, 1.82) is 0 Å².